The molecule has 0 N–H and O–H groups in total. The van der Waals surface area contributed by atoms with Crippen molar-refractivity contribution in [1.82, 2.24) is 24.8 Å². The third-order valence-corrected chi connectivity index (χ3v) is 5.21. The van der Waals surface area contributed by atoms with Gasteiger partial charge in [0.05, 0.1) is 11.4 Å². The van der Waals surface area contributed by atoms with Gasteiger partial charge in [-0.05, 0) is 25.0 Å². The summed E-state index contributed by atoms with van der Waals surface area (Å²) in [4.78, 5) is 28.7. The SMILES string of the molecule is O=C(Cn1nnc2ccccc21)N1CC(C(=O)N2CCCCCC2)C1. The van der Waals surface area contributed by atoms with E-state index >= 15 is 0 Å². The van der Waals surface area contributed by atoms with Gasteiger partial charge in [0, 0.05) is 26.2 Å². The number of aromatic nitrogens is 3. The third-order valence-electron chi connectivity index (χ3n) is 5.21. The Morgan fingerprint density at radius 3 is 2.48 bits per heavy atom. The van der Waals surface area contributed by atoms with Crippen molar-refractivity contribution in [3.05, 3.63) is 24.3 Å². The fourth-order valence-electron chi connectivity index (χ4n) is 3.65. The molecule has 2 fully saturated rings. The van der Waals surface area contributed by atoms with Crippen LogP contribution in [0.1, 0.15) is 25.7 Å². The van der Waals surface area contributed by atoms with Crippen molar-refractivity contribution in [2.24, 2.45) is 5.92 Å². The predicted molar refractivity (Wildman–Crippen MR) is 92.6 cm³/mol. The van der Waals surface area contributed by atoms with Crippen molar-refractivity contribution in [2.45, 2.75) is 32.2 Å². The number of nitrogens with zero attached hydrogens (tertiary/aromatic N) is 5. The quantitative estimate of drug-likeness (QED) is 0.843. The van der Waals surface area contributed by atoms with Gasteiger partial charge in [-0.25, -0.2) is 4.68 Å². The molecule has 2 aliphatic rings. The zero-order chi connectivity index (χ0) is 17.2. The molecule has 0 radical (unpaired) electrons. The standard InChI is InChI=1S/C18H23N5O2/c24-17(13-23-16-8-4-3-7-15(16)19-20-23)22-11-14(12-22)18(25)21-9-5-1-2-6-10-21/h3-4,7-8,14H,1-2,5-6,9-13H2. The van der Waals surface area contributed by atoms with Crippen LogP contribution in [0.3, 0.4) is 0 Å². The van der Waals surface area contributed by atoms with Gasteiger partial charge < -0.3 is 9.80 Å². The smallest absolute Gasteiger partial charge is 0.244 e. The van der Waals surface area contributed by atoms with Gasteiger partial charge in [-0.2, -0.15) is 0 Å². The van der Waals surface area contributed by atoms with E-state index in [4.69, 9.17) is 0 Å². The highest BCUT2D eigenvalue weighted by Gasteiger charge is 2.37. The topological polar surface area (TPSA) is 71.3 Å². The van der Waals surface area contributed by atoms with Crippen LogP contribution < -0.4 is 0 Å². The van der Waals surface area contributed by atoms with Crippen LogP contribution in [0.4, 0.5) is 0 Å². The maximum atomic E-state index is 12.6. The summed E-state index contributed by atoms with van der Waals surface area (Å²) >= 11 is 0. The minimum atomic E-state index is -0.0328. The van der Waals surface area contributed by atoms with Gasteiger partial charge in [0.1, 0.15) is 12.1 Å². The number of benzene rings is 1. The Balaban J connectivity index is 1.32. The van der Waals surface area contributed by atoms with Crippen molar-refractivity contribution in [1.29, 1.82) is 0 Å². The summed E-state index contributed by atoms with van der Waals surface area (Å²) in [5.74, 6) is 0.183. The lowest BCUT2D eigenvalue weighted by molar-refractivity contribution is -0.148. The van der Waals surface area contributed by atoms with Crippen LogP contribution in [0.15, 0.2) is 24.3 Å². The van der Waals surface area contributed by atoms with Crippen LogP contribution >= 0.6 is 0 Å². The van der Waals surface area contributed by atoms with Crippen LogP contribution in [0.5, 0.6) is 0 Å². The molecule has 1 aromatic carbocycles. The average Bonchev–Trinajstić information content (AvgIpc) is 2.80. The van der Waals surface area contributed by atoms with Gasteiger partial charge in [-0.3, -0.25) is 9.59 Å². The Kier molecular flexibility index (Phi) is 4.38. The molecule has 0 aliphatic carbocycles. The number of amides is 2. The number of carbonyl (C=O) groups excluding carboxylic acids is 2. The first kappa shape index (κ1) is 16.1. The molecule has 132 valence electrons. The molecule has 0 spiro atoms. The molecule has 3 heterocycles. The van der Waals surface area contributed by atoms with Crippen molar-refractivity contribution < 1.29 is 9.59 Å². The second-order valence-electron chi connectivity index (χ2n) is 6.97. The first-order valence-corrected chi connectivity index (χ1v) is 9.07. The largest absolute Gasteiger partial charge is 0.342 e. The molecule has 7 nitrogen and oxygen atoms in total. The zero-order valence-electron chi connectivity index (χ0n) is 14.3. The van der Waals surface area contributed by atoms with Crippen LogP contribution in [0, 0.1) is 5.92 Å². The Hall–Kier alpha value is -2.44. The molecule has 2 aromatic rings. The summed E-state index contributed by atoms with van der Waals surface area (Å²) in [5, 5.41) is 8.13. The lowest BCUT2D eigenvalue weighted by atomic mass is 9.98. The summed E-state index contributed by atoms with van der Waals surface area (Å²) in [6.45, 7) is 2.97. The zero-order valence-corrected chi connectivity index (χ0v) is 14.3. The molecular weight excluding hydrogens is 318 g/mol. The molecule has 4 rings (SSSR count). The van der Waals surface area contributed by atoms with Gasteiger partial charge in [-0.1, -0.05) is 30.2 Å². The fraction of sp³-hybridized carbons (Fsp3) is 0.556. The summed E-state index contributed by atoms with van der Waals surface area (Å²) in [6, 6.07) is 7.59. The van der Waals surface area contributed by atoms with Gasteiger partial charge in [0.25, 0.3) is 0 Å². The molecule has 0 atom stereocenters. The van der Waals surface area contributed by atoms with Crippen LogP contribution in [-0.2, 0) is 16.1 Å². The molecule has 0 saturated carbocycles. The van der Waals surface area contributed by atoms with Gasteiger partial charge in [-0.15, -0.1) is 5.10 Å². The first-order chi connectivity index (χ1) is 12.2. The highest BCUT2D eigenvalue weighted by Crippen LogP contribution is 2.21. The van der Waals surface area contributed by atoms with E-state index < -0.39 is 0 Å². The van der Waals surface area contributed by atoms with Crippen LogP contribution in [-0.4, -0.2) is 62.8 Å². The third kappa shape index (κ3) is 3.23. The maximum absolute atomic E-state index is 12.6. The summed E-state index contributed by atoms with van der Waals surface area (Å²) < 4.78 is 1.63. The number of para-hydroxylation sites is 1. The maximum Gasteiger partial charge on any atom is 0.244 e. The lowest BCUT2D eigenvalue weighted by Crippen LogP contribution is -2.57. The number of likely N-dealkylation sites (tertiary alicyclic amines) is 2. The second-order valence-corrected chi connectivity index (χ2v) is 6.97. The van der Waals surface area contributed by atoms with Gasteiger partial charge in [0.2, 0.25) is 11.8 Å². The number of rotatable bonds is 3. The highest BCUT2D eigenvalue weighted by atomic mass is 16.2. The van der Waals surface area contributed by atoms with Crippen LogP contribution in [0.2, 0.25) is 0 Å². The first-order valence-electron chi connectivity index (χ1n) is 9.07. The monoisotopic (exact) mass is 341 g/mol. The molecule has 7 heteroatoms. The Morgan fingerprint density at radius 2 is 1.72 bits per heavy atom. The molecular formula is C18H23N5O2. The summed E-state index contributed by atoms with van der Waals surface area (Å²) in [5.41, 5.74) is 1.64. The van der Waals surface area contributed by atoms with E-state index in [9.17, 15) is 9.59 Å². The van der Waals surface area contributed by atoms with E-state index in [0.29, 0.717) is 13.1 Å². The van der Waals surface area contributed by atoms with E-state index in [2.05, 4.69) is 10.3 Å². The van der Waals surface area contributed by atoms with Crippen molar-refractivity contribution in [2.75, 3.05) is 26.2 Å². The molecule has 25 heavy (non-hydrogen) atoms. The number of hydrogen-bond acceptors (Lipinski definition) is 4. The average molecular weight is 341 g/mol. The normalized spacial score (nSPS) is 18.9. The van der Waals surface area contributed by atoms with Crippen molar-refractivity contribution in [3.63, 3.8) is 0 Å². The molecule has 2 amide bonds. The predicted octanol–water partition coefficient (Wildman–Crippen LogP) is 1.29. The molecule has 1 aromatic heterocycles. The van der Waals surface area contributed by atoms with Crippen molar-refractivity contribution in [3.8, 4) is 0 Å². The van der Waals surface area contributed by atoms with E-state index in [1.54, 1.807) is 9.58 Å². The van der Waals surface area contributed by atoms with Crippen molar-refractivity contribution >= 4 is 22.8 Å². The Labute approximate surface area is 146 Å². The fourth-order valence-corrected chi connectivity index (χ4v) is 3.65. The Bertz CT molecular complexity index is 773. The molecule has 0 bridgehead atoms. The van der Waals surface area contributed by atoms with E-state index in [1.165, 1.54) is 12.8 Å². The summed E-state index contributed by atoms with van der Waals surface area (Å²) in [7, 11) is 0. The van der Waals surface area contributed by atoms with E-state index in [-0.39, 0.29) is 24.3 Å². The van der Waals surface area contributed by atoms with Crippen LogP contribution in [0.25, 0.3) is 11.0 Å². The summed E-state index contributed by atoms with van der Waals surface area (Å²) in [6.07, 6.45) is 4.62. The minimum absolute atomic E-state index is 0.00410. The van der Waals surface area contributed by atoms with Gasteiger partial charge in [0.15, 0.2) is 0 Å². The van der Waals surface area contributed by atoms with E-state index in [0.717, 1.165) is 37.0 Å². The number of carbonyl (C=O) groups is 2. The molecule has 2 saturated heterocycles. The van der Waals surface area contributed by atoms with Gasteiger partial charge >= 0.3 is 0 Å². The Morgan fingerprint density at radius 1 is 1.00 bits per heavy atom. The minimum Gasteiger partial charge on any atom is -0.342 e. The highest BCUT2D eigenvalue weighted by molar-refractivity contribution is 5.85. The second kappa shape index (κ2) is 6.82. The number of hydrogen-bond donors (Lipinski definition) is 0. The molecule has 2 aliphatic heterocycles. The molecule has 0 unspecified atom stereocenters. The lowest BCUT2D eigenvalue weighted by Gasteiger charge is -2.40. The number of fused-ring (bicyclic) bond motifs is 1. The van der Waals surface area contributed by atoms with E-state index in [1.807, 2.05) is 29.2 Å².